The van der Waals surface area contributed by atoms with Crippen molar-refractivity contribution in [1.82, 2.24) is 0 Å². The van der Waals surface area contributed by atoms with Gasteiger partial charge in [-0.1, -0.05) is 184 Å². The van der Waals surface area contributed by atoms with Crippen molar-refractivity contribution in [3.63, 3.8) is 0 Å². The molecule has 0 radical (unpaired) electrons. The molecule has 266 valence electrons. The van der Waals surface area contributed by atoms with Crippen molar-refractivity contribution in [1.29, 1.82) is 0 Å². The Labute approximate surface area is 332 Å². The monoisotopic (exact) mass is 722 g/mol. The highest BCUT2D eigenvalue weighted by Crippen LogP contribution is 2.52. The van der Waals surface area contributed by atoms with E-state index in [2.05, 4.69) is 208 Å². The van der Waals surface area contributed by atoms with Gasteiger partial charge in [-0.05, 0) is 145 Å². The molecule has 0 aromatic heterocycles. The van der Waals surface area contributed by atoms with E-state index < -0.39 is 0 Å². The minimum Gasteiger partial charge on any atom is -0.0619 e. The van der Waals surface area contributed by atoms with Crippen molar-refractivity contribution in [2.45, 2.75) is 19.3 Å². The summed E-state index contributed by atoms with van der Waals surface area (Å²) in [7, 11) is 0. The van der Waals surface area contributed by atoms with Crippen LogP contribution in [0.2, 0.25) is 0 Å². The van der Waals surface area contributed by atoms with Crippen molar-refractivity contribution in [3.05, 3.63) is 205 Å². The molecule has 0 bridgehead atoms. The first-order valence-electron chi connectivity index (χ1n) is 20.1. The van der Waals surface area contributed by atoms with Gasteiger partial charge in [-0.15, -0.1) is 0 Å². The number of rotatable bonds is 3. The first-order valence-corrected chi connectivity index (χ1v) is 20.1. The Hall–Kier alpha value is -7.02. The van der Waals surface area contributed by atoms with Gasteiger partial charge in [0.1, 0.15) is 0 Å². The SMILES string of the molecule is CC1(C)c2ccccc2-c2cc(-c3c4ccccc4c(-c4ccc5c6ccccc6c6ccccc6c5c4)c4ccc(-c5ccc6ccccc6c5)cc34)ccc21. The quantitative estimate of drug-likeness (QED) is 0.126. The Bertz CT molecular complexity index is 3450. The van der Waals surface area contributed by atoms with E-state index in [0.717, 1.165) is 0 Å². The van der Waals surface area contributed by atoms with Gasteiger partial charge in [-0.2, -0.15) is 0 Å². The van der Waals surface area contributed by atoms with Crippen LogP contribution >= 0.6 is 0 Å². The molecule has 57 heavy (non-hydrogen) atoms. The fraction of sp³-hybridized carbons (Fsp3) is 0.0526. The standard InChI is InChI=1S/C57H38/c1-57(2)53-22-12-11-19-46(53)51-34-40(27-30-54(51)57)56-48-21-10-9-20-47(48)55(49-29-25-38(32-52(49)56)37-24-23-35-13-3-4-14-36(35)31-37)39-26-28-45-43-17-6-5-15-41(43)42-16-7-8-18-44(42)50(45)33-39/h3-34H,1-2H3. The molecule has 0 fully saturated rings. The van der Waals surface area contributed by atoms with Crippen molar-refractivity contribution < 1.29 is 0 Å². The molecule has 0 aliphatic heterocycles. The van der Waals surface area contributed by atoms with E-state index in [1.54, 1.807) is 0 Å². The summed E-state index contributed by atoms with van der Waals surface area (Å²) < 4.78 is 0. The Morgan fingerprint density at radius 3 is 1.44 bits per heavy atom. The predicted octanol–water partition coefficient (Wildman–Crippen LogP) is 15.9. The minimum atomic E-state index is -0.0483. The predicted molar refractivity (Wildman–Crippen MR) is 245 cm³/mol. The number of fused-ring (bicyclic) bond motifs is 12. The van der Waals surface area contributed by atoms with Gasteiger partial charge in [-0.25, -0.2) is 0 Å². The summed E-state index contributed by atoms with van der Waals surface area (Å²) in [6, 6.07) is 72.9. The van der Waals surface area contributed by atoms with Crippen LogP contribution in [0.25, 0.3) is 109 Å². The Morgan fingerprint density at radius 1 is 0.263 bits per heavy atom. The fourth-order valence-corrected chi connectivity index (χ4v) is 10.3. The molecule has 0 nitrogen and oxygen atoms in total. The van der Waals surface area contributed by atoms with Crippen LogP contribution in [0.5, 0.6) is 0 Å². The summed E-state index contributed by atoms with van der Waals surface area (Å²) in [5.41, 5.74) is 12.9. The molecule has 0 N–H and O–H groups in total. The molecule has 12 rings (SSSR count). The molecule has 0 saturated carbocycles. The average Bonchev–Trinajstić information content (AvgIpc) is 3.50. The summed E-state index contributed by atoms with van der Waals surface area (Å²) in [6.45, 7) is 4.73. The fourth-order valence-electron chi connectivity index (χ4n) is 10.3. The van der Waals surface area contributed by atoms with Gasteiger partial charge in [-0.3, -0.25) is 0 Å². The zero-order chi connectivity index (χ0) is 37.8. The lowest BCUT2D eigenvalue weighted by atomic mass is 9.81. The maximum Gasteiger partial charge on any atom is 0.0158 e. The van der Waals surface area contributed by atoms with Crippen molar-refractivity contribution in [2.24, 2.45) is 0 Å². The third-order valence-electron chi connectivity index (χ3n) is 13.0. The second kappa shape index (κ2) is 12.0. The van der Waals surface area contributed by atoms with Gasteiger partial charge in [0.05, 0.1) is 0 Å². The van der Waals surface area contributed by atoms with Crippen LogP contribution in [-0.4, -0.2) is 0 Å². The number of hydrogen-bond donors (Lipinski definition) is 0. The van der Waals surface area contributed by atoms with Gasteiger partial charge in [0.15, 0.2) is 0 Å². The highest BCUT2D eigenvalue weighted by Gasteiger charge is 2.35. The van der Waals surface area contributed by atoms with Crippen LogP contribution in [0, 0.1) is 0 Å². The summed E-state index contributed by atoms with van der Waals surface area (Å²) in [4.78, 5) is 0. The lowest BCUT2D eigenvalue weighted by molar-refractivity contribution is 0.660. The van der Waals surface area contributed by atoms with E-state index in [9.17, 15) is 0 Å². The maximum atomic E-state index is 2.47. The largest absolute Gasteiger partial charge is 0.0619 e. The van der Waals surface area contributed by atoms with Crippen LogP contribution in [-0.2, 0) is 5.41 Å². The molecule has 0 atom stereocenters. The van der Waals surface area contributed by atoms with Crippen LogP contribution in [0.1, 0.15) is 25.0 Å². The first-order chi connectivity index (χ1) is 28.0. The van der Waals surface area contributed by atoms with E-state index in [-0.39, 0.29) is 5.41 Å². The van der Waals surface area contributed by atoms with Gasteiger partial charge in [0.25, 0.3) is 0 Å². The average molecular weight is 723 g/mol. The molecule has 1 aliphatic carbocycles. The summed E-state index contributed by atoms with van der Waals surface area (Å²) >= 11 is 0. The Balaban J connectivity index is 1.18. The zero-order valence-corrected chi connectivity index (χ0v) is 32.0. The third kappa shape index (κ3) is 4.68. The Kier molecular flexibility index (Phi) is 6.78. The lowest BCUT2D eigenvalue weighted by Gasteiger charge is -2.22. The van der Waals surface area contributed by atoms with Crippen LogP contribution in [0.15, 0.2) is 194 Å². The van der Waals surface area contributed by atoms with E-state index in [0.29, 0.717) is 0 Å². The molecule has 0 spiro atoms. The molecular weight excluding hydrogens is 685 g/mol. The topological polar surface area (TPSA) is 0 Å². The first kappa shape index (κ1) is 32.2. The highest BCUT2D eigenvalue weighted by molar-refractivity contribution is 6.27. The number of hydrogen-bond acceptors (Lipinski definition) is 0. The van der Waals surface area contributed by atoms with Gasteiger partial charge >= 0.3 is 0 Å². The van der Waals surface area contributed by atoms with E-state index in [1.807, 2.05) is 0 Å². The number of benzene rings is 11. The van der Waals surface area contributed by atoms with E-state index in [1.165, 1.54) is 120 Å². The summed E-state index contributed by atoms with van der Waals surface area (Å²) in [5.74, 6) is 0. The van der Waals surface area contributed by atoms with Gasteiger partial charge < -0.3 is 0 Å². The molecule has 0 unspecified atom stereocenters. The van der Waals surface area contributed by atoms with Crippen LogP contribution < -0.4 is 0 Å². The molecule has 0 heteroatoms. The van der Waals surface area contributed by atoms with Crippen LogP contribution in [0.4, 0.5) is 0 Å². The molecule has 0 amide bonds. The van der Waals surface area contributed by atoms with E-state index in [4.69, 9.17) is 0 Å². The zero-order valence-electron chi connectivity index (χ0n) is 32.0. The van der Waals surface area contributed by atoms with Gasteiger partial charge in [0.2, 0.25) is 0 Å². The second-order valence-corrected chi connectivity index (χ2v) is 16.4. The smallest absolute Gasteiger partial charge is 0.0158 e. The lowest BCUT2D eigenvalue weighted by Crippen LogP contribution is -2.14. The molecule has 1 aliphatic rings. The molecule has 0 saturated heterocycles. The molecule has 11 aromatic rings. The van der Waals surface area contributed by atoms with Crippen molar-refractivity contribution in [2.75, 3.05) is 0 Å². The van der Waals surface area contributed by atoms with Gasteiger partial charge in [0, 0.05) is 5.41 Å². The molecule has 11 aromatic carbocycles. The maximum absolute atomic E-state index is 2.47. The Morgan fingerprint density at radius 2 is 0.702 bits per heavy atom. The highest BCUT2D eigenvalue weighted by atomic mass is 14.4. The van der Waals surface area contributed by atoms with Crippen LogP contribution in [0.3, 0.4) is 0 Å². The van der Waals surface area contributed by atoms with Crippen molar-refractivity contribution in [3.8, 4) is 44.5 Å². The molecule has 0 heterocycles. The summed E-state index contributed by atoms with van der Waals surface area (Å²) in [6.07, 6.45) is 0. The molecular formula is C57H38. The van der Waals surface area contributed by atoms with Crippen molar-refractivity contribution >= 4 is 64.6 Å². The second-order valence-electron chi connectivity index (χ2n) is 16.4. The summed E-state index contributed by atoms with van der Waals surface area (Å²) in [5, 5.41) is 15.3. The normalized spacial score (nSPS) is 13.2. The third-order valence-corrected chi connectivity index (χ3v) is 13.0. The minimum absolute atomic E-state index is 0.0483. The van der Waals surface area contributed by atoms with E-state index >= 15 is 0 Å².